The van der Waals surface area contributed by atoms with Gasteiger partial charge in [0.15, 0.2) is 11.5 Å². The number of rotatable bonds is 7. The van der Waals surface area contributed by atoms with Crippen LogP contribution in [0.15, 0.2) is 12.1 Å². The molecule has 0 aromatic heterocycles. The number of nitrogens with one attached hydrogen (secondary N) is 1. The van der Waals surface area contributed by atoms with E-state index in [4.69, 9.17) is 26.2 Å². The van der Waals surface area contributed by atoms with Gasteiger partial charge < -0.3 is 19.9 Å². The Kier molecular flexibility index (Phi) is 5.65. The molecule has 0 radical (unpaired) electrons. The summed E-state index contributed by atoms with van der Waals surface area (Å²) in [6.45, 7) is 3.83. The fraction of sp³-hybridized carbons (Fsp3) is 0.500. The van der Waals surface area contributed by atoms with Gasteiger partial charge in [0.25, 0.3) is 0 Å². The van der Waals surface area contributed by atoms with Crippen molar-refractivity contribution in [1.82, 2.24) is 5.32 Å². The Labute approximate surface area is 123 Å². The predicted octanol–water partition coefficient (Wildman–Crippen LogP) is 2.56. The first kappa shape index (κ1) is 16.6. The van der Waals surface area contributed by atoms with Crippen molar-refractivity contribution in [2.75, 3.05) is 20.8 Å². The number of benzene rings is 1. The summed E-state index contributed by atoms with van der Waals surface area (Å²) in [6, 6.07) is 3.58. The lowest BCUT2D eigenvalue weighted by molar-refractivity contribution is -0.148. The smallest absolute Gasteiger partial charge is 0.312 e. The standard InChI is InChI=1S/C14H20ClNO4/c1-14(2,13(17)18)8-20-12-10(15)5-9(7-16-3)6-11(12)19-4/h5-6,16H,7-8H2,1-4H3,(H,17,18). The second-order valence-corrected chi connectivity index (χ2v) is 5.52. The molecule has 6 heteroatoms. The highest BCUT2D eigenvalue weighted by Crippen LogP contribution is 2.37. The van der Waals surface area contributed by atoms with Crippen molar-refractivity contribution in [2.45, 2.75) is 20.4 Å². The zero-order chi connectivity index (χ0) is 15.3. The van der Waals surface area contributed by atoms with Gasteiger partial charge in [0.1, 0.15) is 6.61 Å². The van der Waals surface area contributed by atoms with Gasteiger partial charge in [-0.3, -0.25) is 4.79 Å². The van der Waals surface area contributed by atoms with Crippen molar-refractivity contribution in [3.05, 3.63) is 22.7 Å². The Morgan fingerprint density at radius 1 is 1.45 bits per heavy atom. The molecule has 0 atom stereocenters. The van der Waals surface area contributed by atoms with Crippen molar-refractivity contribution in [2.24, 2.45) is 5.41 Å². The summed E-state index contributed by atoms with van der Waals surface area (Å²) in [5.74, 6) is -0.0772. The number of aliphatic carboxylic acids is 1. The molecule has 1 aromatic carbocycles. The van der Waals surface area contributed by atoms with Crippen LogP contribution < -0.4 is 14.8 Å². The molecule has 0 fully saturated rings. The Hall–Kier alpha value is -1.46. The molecule has 0 spiro atoms. The highest BCUT2D eigenvalue weighted by molar-refractivity contribution is 6.32. The third-order valence-electron chi connectivity index (χ3n) is 2.83. The highest BCUT2D eigenvalue weighted by Gasteiger charge is 2.29. The fourth-order valence-electron chi connectivity index (χ4n) is 1.53. The molecule has 0 aliphatic carbocycles. The third kappa shape index (κ3) is 4.02. The molecule has 0 aliphatic rings. The average Bonchev–Trinajstić information content (AvgIpc) is 2.37. The SMILES string of the molecule is CNCc1cc(Cl)c(OCC(C)(C)C(=O)O)c(OC)c1. The zero-order valence-electron chi connectivity index (χ0n) is 12.1. The first-order valence-corrected chi connectivity index (χ1v) is 6.57. The van der Waals surface area contributed by atoms with Crippen molar-refractivity contribution >= 4 is 17.6 Å². The van der Waals surface area contributed by atoms with Gasteiger partial charge in [0.2, 0.25) is 0 Å². The molecular weight excluding hydrogens is 282 g/mol. The van der Waals surface area contributed by atoms with Gasteiger partial charge >= 0.3 is 5.97 Å². The van der Waals surface area contributed by atoms with Crippen LogP contribution in [0.4, 0.5) is 0 Å². The maximum atomic E-state index is 11.1. The van der Waals surface area contributed by atoms with Crippen molar-refractivity contribution in [3.8, 4) is 11.5 Å². The Balaban J connectivity index is 2.97. The molecule has 0 heterocycles. The summed E-state index contributed by atoms with van der Waals surface area (Å²) in [5, 5.41) is 12.5. The second-order valence-electron chi connectivity index (χ2n) is 5.12. The monoisotopic (exact) mass is 301 g/mol. The fourth-order valence-corrected chi connectivity index (χ4v) is 1.82. The predicted molar refractivity (Wildman–Crippen MR) is 77.7 cm³/mol. The topological polar surface area (TPSA) is 67.8 Å². The summed E-state index contributed by atoms with van der Waals surface area (Å²) in [7, 11) is 3.35. The van der Waals surface area contributed by atoms with E-state index in [-0.39, 0.29) is 6.61 Å². The Morgan fingerprint density at radius 3 is 2.60 bits per heavy atom. The van der Waals surface area contributed by atoms with Gasteiger partial charge in [-0.1, -0.05) is 11.6 Å². The quantitative estimate of drug-likeness (QED) is 0.810. The lowest BCUT2D eigenvalue weighted by atomic mass is 9.95. The highest BCUT2D eigenvalue weighted by atomic mass is 35.5. The normalized spacial score (nSPS) is 11.2. The van der Waals surface area contributed by atoms with Gasteiger partial charge in [-0.2, -0.15) is 0 Å². The Morgan fingerprint density at radius 2 is 2.10 bits per heavy atom. The summed E-state index contributed by atoms with van der Waals surface area (Å²) < 4.78 is 10.8. The summed E-state index contributed by atoms with van der Waals surface area (Å²) in [5.41, 5.74) is -0.0444. The van der Waals surface area contributed by atoms with E-state index < -0.39 is 11.4 Å². The van der Waals surface area contributed by atoms with E-state index >= 15 is 0 Å². The van der Waals surface area contributed by atoms with Gasteiger partial charge in [-0.25, -0.2) is 0 Å². The molecular formula is C14H20ClNO4. The number of ether oxygens (including phenoxy) is 2. The van der Waals surface area contributed by atoms with E-state index in [1.807, 2.05) is 13.1 Å². The first-order valence-electron chi connectivity index (χ1n) is 6.19. The summed E-state index contributed by atoms with van der Waals surface area (Å²) >= 11 is 6.18. The van der Waals surface area contributed by atoms with E-state index in [1.54, 1.807) is 19.9 Å². The molecule has 2 N–H and O–H groups in total. The van der Waals surface area contributed by atoms with Crippen LogP contribution in [0, 0.1) is 5.41 Å². The average molecular weight is 302 g/mol. The molecule has 112 valence electrons. The summed E-state index contributed by atoms with van der Waals surface area (Å²) in [4.78, 5) is 11.1. The molecule has 1 aromatic rings. The minimum atomic E-state index is -1.00. The molecule has 20 heavy (non-hydrogen) atoms. The van der Waals surface area contributed by atoms with E-state index in [0.29, 0.717) is 23.1 Å². The molecule has 1 rings (SSSR count). The molecule has 0 aliphatic heterocycles. The maximum absolute atomic E-state index is 11.1. The van der Waals surface area contributed by atoms with Crippen LogP contribution in [-0.4, -0.2) is 31.8 Å². The first-order chi connectivity index (χ1) is 9.31. The van der Waals surface area contributed by atoms with Gasteiger partial charge in [-0.05, 0) is 38.6 Å². The number of halogens is 1. The Bertz CT molecular complexity index is 488. The number of hydrogen-bond donors (Lipinski definition) is 2. The molecule has 0 saturated carbocycles. The van der Waals surface area contributed by atoms with Crippen LogP contribution in [0.1, 0.15) is 19.4 Å². The molecule has 0 bridgehead atoms. The lowest BCUT2D eigenvalue weighted by Gasteiger charge is -2.21. The lowest BCUT2D eigenvalue weighted by Crippen LogP contribution is -2.30. The van der Waals surface area contributed by atoms with E-state index in [1.165, 1.54) is 7.11 Å². The van der Waals surface area contributed by atoms with Crippen LogP contribution in [0.3, 0.4) is 0 Å². The van der Waals surface area contributed by atoms with Crippen LogP contribution in [0.5, 0.6) is 11.5 Å². The second kappa shape index (κ2) is 6.81. The van der Waals surface area contributed by atoms with Crippen LogP contribution in [0.25, 0.3) is 0 Å². The zero-order valence-corrected chi connectivity index (χ0v) is 12.9. The van der Waals surface area contributed by atoms with Crippen molar-refractivity contribution in [1.29, 1.82) is 0 Å². The van der Waals surface area contributed by atoms with E-state index in [2.05, 4.69) is 5.32 Å². The maximum Gasteiger partial charge on any atom is 0.312 e. The van der Waals surface area contributed by atoms with Gasteiger partial charge in [0, 0.05) is 6.54 Å². The number of methoxy groups -OCH3 is 1. The van der Waals surface area contributed by atoms with Crippen LogP contribution in [-0.2, 0) is 11.3 Å². The van der Waals surface area contributed by atoms with E-state index in [0.717, 1.165) is 5.56 Å². The number of hydrogen-bond acceptors (Lipinski definition) is 4. The largest absolute Gasteiger partial charge is 0.493 e. The van der Waals surface area contributed by atoms with Crippen molar-refractivity contribution < 1.29 is 19.4 Å². The minimum Gasteiger partial charge on any atom is -0.493 e. The molecule has 0 saturated heterocycles. The van der Waals surface area contributed by atoms with Crippen LogP contribution in [0.2, 0.25) is 5.02 Å². The third-order valence-corrected chi connectivity index (χ3v) is 3.11. The summed E-state index contributed by atoms with van der Waals surface area (Å²) in [6.07, 6.45) is 0. The van der Waals surface area contributed by atoms with Crippen molar-refractivity contribution in [3.63, 3.8) is 0 Å². The van der Waals surface area contributed by atoms with Crippen LogP contribution >= 0.6 is 11.6 Å². The number of carboxylic acids is 1. The van der Waals surface area contributed by atoms with Gasteiger partial charge in [0.05, 0.1) is 17.5 Å². The molecule has 0 amide bonds. The molecule has 5 nitrogen and oxygen atoms in total. The number of carbonyl (C=O) groups is 1. The number of carboxylic acid groups (broad SMARTS) is 1. The minimum absolute atomic E-state index is 0.00376. The van der Waals surface area contributed by atoms with Gasteiger partial charge in [-0.15, -0.1) is 0 Å². The molecule has 0 unspecified atom stereocenters. The van der Waals surface area contributed by atoms with E-state index in [9.17, 15) is 4.79 Å².